The van der Waals surface area contributed by atoms with Crippen molar-refractivity contribution in [3.8, 4) is 11.4 Å². The third kappa shape index (κ3) is 3.44. The first-order chi connectivity index (χ1) is 14.9. The van der Waals surface area contributed by atoms with Crippen LogP contribution in [0.2, 0.25) is 0 Å². The molecular formula is C27H25N3O. The molecule has 0 aliphatic carbocycles. The van der Waals surface area contributed by atoms with E-state index >= 15 is 0 Å². The van der Waals surface area contributed by atoms with Gasteiger partial charge in [0.1, 0.15) is 5.82 Å². The molecule has 0 aliphatic heterocycles. The van der Waals surface area contributed by atoms with Crippen molar-refractivity contribution in [3.63, 3.8) is 0 Å². The van der Waals surface area contributed by atoms with Gasteiger partial charge in [0.25, 0.3) is 0 Å². The molecule has 0 saturated heterocycles. The number of aromatic nitrogens is 3. The lowest BCUT2D eigenvalue weighted by Crippen LogP contribution is -2.12. The van der Waals surface area contributed by atoms with E-state index in [1.165, 1.54) is 5.56 Å². The van der Waals surface area contributed by atoms with Crippen LogP contribution in [0.15, 0.2) is 79.0 Å². The number of nitrogens with one attached hydrogen (secondary N) is 1. The number of aromatic amines is 1. The smallest absolute Gasteiger partial charge is 0.184 e. The number of hydrogen-bond donors (Lipinski definition) is 1. The van der Waals surface area contributed by atoms with Crippen molar-refractivity contribution in [2.24, 2.45) is 0 Å². The molecule has 1 N–H and O–H groups in total. The molecule has 0 atom stereocenters. The fourth-order valence-electron chi connectivity index (χ4n) is 4.11. The molecule has 3 aromatic carbocycles. The molecular weight excluding hydrogens is 382 g/mol. The maximum absolute atomic E-state index is 13.3. The minimum Gasteiger partial charge on any atom is -0.360 e. The molecule has 0 amide bonds. The molecule has 2 aromatic heterocycles. The van der Waals surface area contributed by atoms with Crippen molar-refractivity contribution in [2.75, 3.05) is 0 Å². The van der Waals surface area contributed by atoms with Gasteiger partial charge >= 0.3 is 0 Å². The number of nitrogens with zero attached hydrogens (tertiary/aromatic N) is 2. The molecule has 0 bridgehead atoms. The van der Waals surface area contributed by atoms with Crippen LogP contribution in [0.5, 0.6) is 0 Å². The number of carbonyl (C=O) groups excluding carboxylic acids is 1. The predicted molar refractivity (Wildman–Crippen MR) is 126 cm³/mol. The molecule has 5 rings (SSSR count). The summed E-state index contributed by atoms with van der Waals surface area (Å²) in [4.78, 5) is 21.4. The van der Waals surface area contributed by atoms with Gasteiger partial charge in [0.2, 0.25) is 0 Å². The van der Waals surface area contributed by atoms with Crippen molar-refractivity contribution >= 4 is 27.7 Å². The Hall–Kier alpha value is -3.66. The second kappa shape index (κ2) is 7.24. The van der Waals surface area contributed by atoms with Crippen molar-refractivity contribution in [1.82, 2.24) is 14.5 Å². The zero-order valence-corrected chi connectivity index (χ0v) is 18.0. The molecule has 5 aromatic rings. The first-order valence-corrected chi connectivity index (χ1v) is 10.6. The van der Waals surface area contributed by atoms with Gasteiger partial charge in [-0.3, -0.25) is 4.79 Å². The van der Waals surface area contributed by atoms with Crippen LogP contribution in [0, 0.1) is 0 Å². The number of rotatable bonds is 4. The normalized spacial score (nSPS) is 12.0. The zero-order chi connectivity index (χ0) is 21.6. The summed E-state index contributed by atoms with van der Waals surface area (Å²) in [6.07, 6.45) is 1.81. The van der Waals surface area contributed by atoms with E-state index in [1.54, 1.807) is 0 Å². The van der Waals surface area contributed by atoms with E-state index in [-0.39, 0.29) is 17.7 Å². The first-order valence-electron chi connectivity index (χ1n) is 10.6. The van der Waals surface area contributed by atoms with E-state index in [9.17, 15) is 4.79 Å². The van der Waals surface area contributed by atoms with Crippen LogP contribution in [0.3, 0.4) is 0 Å². The fourth-order valence-corrected chi connectivity index (χ4v) is 4.11. The van der Waals surface area contributed by atoms with Gasteiger partial charge in [0, 0.05) is 28.2 Å². The third-order valence-electron chi connectivity index (χ3n) is 5.86. The van der Waals surface area contributed by atoms with Crippen LogP contribution in [0.25, 0.3) is 33.3 Å². The maximum Gasteiger partial charge on any atom is 0.184 e. The topological polar surface area (TPSA) is 50.7 Å². The van der Waals surface area contributed by atoms with E-state index in [0.717, 1.165) is 33.3 Å². The lowest BCUT2D eigenvalue weighted by molar-refractivity contribution is 0.0975. The Morgan fingerprint density at radius 2 is 1.65 bits per heavy atom. The Morgan fingerprint density at radius 1 is 0.935 bits per heavy atom. The Kier molecular flexibility index (Phi) is 4.51. The minimum absolute atomic E-state index is 0.0631. The highest BCUT2D eigenvalue weighted by Crippen LogP contribution is 2.29. The number of imidazole rings is 1. The largest absolute Gasteiger partial charge is 0.360 e. The van der Waals surface area contributed by atoms with E-state index in [2.05, 4.69) is 50.0 Å². The van der Waals surface area contributed by atoms with Gasteiger partial charge in [0.05, 0.1) is 17.6 Å². The second-order valence-corrected chi connectivity index (χ2v) is 9.01. The number of ketones is 1. The summed E-state index contributed by atoms with van der Waals surface area (Å²) in [5, 5.41) is 0.952. The molecule has 0 fully saturated rings. The standard InChI is InChI=1S/C27H25N3O/c1-27(2,3)19-14-12-18(13-15-19)26-29-23-10-6-7-11-24(23)30(26)17-25(31)21-16-28-22-9-5-4-8-20(21)22/h4-16,28H,17H2,1-3H3. The molecule has 0 spiro atoms. The average molecular weight is 408 g/mol. The van der Waals surface area contributed by atoms with Gasteiger partial charge in [-0.1, -0.05) is 75.4 Å². The summed E-state index contributed by atoms with van der Waals surface area (Å²) in [5.41, 5.74) is 5.91. The van der Waals surface area contributed by atoms with E-state index in [1.807, 2.05) is 59.3 Å². The SMILES string of the molecule is CC(C)(C)c1ccc(-c2nc3ccccc3n2CC(=O)c2c[nH]c3ccccc23)cc1. The van der Waals surface area contributed by atoms with Crippen LogP contribution in [-0.2, 0) is 12.0 Å². The number of hydrogen-bond acceptors (Lipinski definition) is 2. The monoisotopic (exact) mass is 407 g/mol. The summed E-state index contributed by atoms with van der Waals surface area (Å²) in [6.45, 7) is 6.85. The van der Waals surface area contributed by atoms with Gasteiger partial charge in [-0.25, -0.2) is 4.98 Å². The number of benzene rings is 3. The van der Waals surface area contributed by atoms with Gasteiger partial charge in [-0.2, -0.15) is 0 Å². The molecule has 0 saturated carbocycles. The molecule has 154 valence electrons. The van der Waals surface area contributed by atoms with Crippen molar-refractivity contribution in [3.05, 3.63) is 90.1 Å². The lowest BCUT2D eigenvalue weighted by Gasteiger charge is -2.19. The Labute approximate surface area is 181 Å². The van der Waals surface area contributed by atoms with Crippen molar-refractivity contribution < 1.29 is 4.79 Å². The molecule has 0 unspecified atom stereocenters. The minimum atomic E-state index is 0.0631. The Bertz CT molecular complexity index is 1400. The molecule has 4 nitrogen and oxygen atoms in total. The summed E-state index contributed by atoms with van der Waals surface area (Å²) in [7, 11) is 0. The zero-order valence-electron chi connectivity index (χ0n) is 18.0. The molecule has 31 heavy (non-hydrogen) atoms. The number of carbonyl (C=O) groups is 1. The van der Waals surface area contributed by atoms with Crippen molar-refractivity contribution in [1.29, 1.82) is 0 Å². The third-order valence-corrected chi connectivity index (χ3v) is 5.86. The van der Waals surface area contributed by atoms with Crippen LogP contribution >= 0.6 is 0 Å². The number of Topliss-reactive ketones (excluding diaryl/α,β-unsaturated/α-hetero) is 1. The molecule has 4 heteroatoms. The number of H-pyrrole nitrogens is 1. The van der Waals surface area contributed by atoms with Crippen LogP contribution in [-0.4, -0.2) is 20.3 Å². The highest BCUT2D eigenvalue weighted by molar-refractivity contribution is 6.08. The number of para-hydroxylation sites is 3. The first kappa shape index (κ1) is 19.3. The van der Waals surface area contributed by atoms with Crippen LogP contribution in [0.4, 0.5) is 0 Å². The maximum atomic E-state index is 13.3. The van der Waals surface area contributed by atoms with E-state index in [0.29, 0.717) is 5.56 Å². The highest BCUT2D eigenvalue weighted by atomic mass is 16.1. The van der Waals surface area contributed by atoms with Crippen molar-refractivity contribution in [2.45, 2.75) is 32.7 Å². The number of fused-ring (bicyclic) bond motifs is 2. The molecule has 2 heterocycles. The molecule has 0 aliphatic rings. The quantitative estimate of drug-likeness (QED) is 0.352. The Morgan fingerprint density at radius 3 is 2.42 bits per heavy atom. The lowest BCUT2D eigenvalue weighted by atomic mass is 9.87. The highest BCUT2D eigenvalue weighted by Gasteiger charge is 2.19. The average Bonchev–Trinajstić information content (AvgIpc) is 3.35. The van der Waals surface area contributed by atoms with E-state index < -0.39 is 0 Å². The summed E-state index contributed by atoms with van der Waals surface area (Å²) in [6, 6.07) is 24.4. The van der Waals surface area contributed by atoms with Gasteiger partial charge in [0.15, 0.2) is 5.78 Å². The fraction of sp³-hybridized carbons (Fsp3) is 0.185. The summed E-state index contributed by atoms with van der Waals surface area (Å²) in [5.74, 6) is 0.878. The second-order valence-electron chi connectivity index (χ2n) is 9.01. The summed E-state index contributed by atoms with van der Waals surface area (Å²) < 4.78 is 2.03. The van der Waals surface area contributed by atoms with Gasteiger partial charge in [-0.15, -0.1) is 0 Å². The Balaban J connectivity index is 1.59. The van der Waals surface area contributed by atoms with Crippen LogP contribution in [0.1, 0.15) is 36.7 Å². The van der Waals surface area contributed by atoms with Gasteiger partial charge in [-0.05, 0) is 29.2 Å². The van der Waals surface area contributed by atoms with Gasteiger partial charge < -0.3 is 9.55 Å². The van der Waals surface area contributed by atoms with Crippen LogP contribution < -0.4 is 0 Å². The summed E-state index contributed by atoms with van der Waals surface area (Å²) >= 11 is 0. The molecule has 0 radical (unpaired) electrons. The predicted octanol–water partition coefficient (Wildman–Crippen LogP) is 6.37. The van der Waals surface area contributed by atoms with E-state index in [4.69, 9.17) is 4.98 Å².